The molecule has 0 amide bonds. The maximum atomic E-state index is 5.91. The lowest BCUT2D eigenvalue weighted by atomic mass is 10.3. The highest BCUT2D eigenvalue weighted by atomic mass is 79.9. The molecule has 0 aromatic heterocycles. The van der Waals surface area contributed by atoms with Crippen LogP contribution in [0.1, 0.15) is 0 Å². The lowest BCUT2D eigenvalue weighted by molar-refractivity contribution is 0.481. The summed E-state index contributed by atoms with van der Waals surface area (Å²) < 4.78 is 8.75. The molecule has 0 aliphatic rings. The highest BCUT2D eigenvalue weighted by molar-refractivity contribution is 9.13. The van der Waals surface area contributed by atoms with Crippen LogP contribution in [0.25, 0.3) is 0 Å². The number of nitrogens with one attached hydrogen (secondary N) is 1. The molecule has 0 radical (unpaired) electrons. The van der Waals surface area contributed by atoms with Crippen molar-refractivity contribution in [3.63, 3.8) is 0 Å². The smallest absolute Gasteiger partial charge is 0.151 e. The first-order valence-corrected chi connectivity index (χ1v) is 7.59. The molecule has 0 heterocycles. The average Bonchev–Trinajstić information content (AvgIpc) is 2.36. The van der Waals surface area contributed by atoms with Crippen LogP contribution in [0.3, 0.4) is 0 Å². The Hall–Kier alpha value is -0.520. The van der Waals surface area contributed by atoms with E-state index in [4.69, 9.17) is 4.74 Å². The maximum absolute atomic E-state index is 5.91. The lowest BCUT2D eigenvalue weighted by Gasteiger charge is -2.13. The summed E-state index contributed by atoms with van der Waals surface area (Å²) in [6.07, 6.45) is 0. The number of anilines is 1. The standard InChI is InChI=1S/C13H10Br3NO/c1-17-11-6-9(15)10(16)7-13(11)18-12-5-3-2-4-8(12)14/h2-7,17H,1H3. The quantitative estimate of drug-likeness (QED) is 0.657. The van der Waals surface area contributed by atoms with E-state index in [-0.39, 0.29) is 0 Å². The molecule has 0 fully saturated rings. The largest absolute Gasteiger partial charge is 0.454 e. The normalized spacial score (nSPS) is 10.2. The monoisotopic (exact) mass is 433 g/mol. The molecule has 2 aromatic carbocycles. The summed E-state index contributed by atoms with van der Waals surface area (Å²) in [6, 6.07) is 11.6. The molecule has 0 bridgehead atoms. The summed E-state index contributed by atoms with van der Waals surface area (Å²) in [6.45, 7) is 0. The summed E-state index contributed by atoms with van der Waals surface area (Å²) in [5, 5.41) is 3.11. The molecular formula is C13H10Br3NO. The second-order valence-corrected chi connectivity index (χ2v) is 6.11. The van der Waals surface area contributed by atoms with E-state index in [1.165, 1.54) is 0 Å². The van der Waals surface area contributed by atoms with Crippen LogP contribution in [0, 0.1) is 0 Å². The third-order valence-electron chi connectivity index (χ3n) is 2.35. The molecule has 0 atom stereocenters. The van der Waals surface area contributed by atoms with Crippen molar-refractivity contribution < 1.29 is 4.74 Å². The van der Waals surface area contributed by atoms with Gasteiger partial charge in [-0.25, -0.2) is 0 Å². The first-order valence-electron chi connectivity index (χ1n) is 5.21. The van der Waals surface area contributed by atoms with E-state index in [9.17, 15) is 0 Å². The number of halogens is 3. The number of hydrogen-bond donors (Lipinski definition) is 1. The molecule has 2 nitrogen and oxygen atoms in total. The van der Waals surface area contributed by atoms with Crippen LogP contribution in [0.15, 0.2) is 49.8 Å². The summed E-state index contributed by atoms with van der Waals surface area (Å²) in [5.41, 5.74) is 0.917. The predicted octanol–water partition coefficient (Wildman–Crippen LogP) is 5.81. The molecular weight excluding hydrogens is 426 g/mol. The van der Waals surface area contributed by atoms with Gasteiger partial charge in [-0.2, -0.15) is 0 Å². The van der Waals surface area contributed by atoms with Crippen LogP contribution in [0.5, 0.6) is 11.5 Å². The molecule has 94 valence electrons. The fraction of sp³-hybridized carbons (Fsp3) is 0.0769. The zero-order valence-electron chi connectivity index (χ0n) is 9.51. The van der Waals surface area contributed by atoms with Gasteiger partial charge in [-0.3, -0.25) is 0 Å². The Kier molecular flexibility index (Phi) is 4.70. The highest BCUT2D eigenvalue weighted by Gasteiger charge is 2.09. The predicted molar refractivity (Wildman–Crippen MR) is 85.6 cm³/mol. The summed E-state index contributed by atoms with van der Waals surface area (Å²) in [4.78, 5) is 0. The van der Waals surface area contributed by atoms with Gasteiger partial charge in [-0.1, -0.05) is 12.1 Å². The molecule has 0 unspecified atom stereocenters. The van der Waals surface area contributed by atoms with Gasteiger partial charge in [0.05, 0.1) is 10.2 Å². The van der Waals surface area contributed by atoms with Crippen LogP contribution in [0.4, 0.5) is 5.69 Å². The topological polar surface area (TPSA) is 21.3 Å². The minimum absolute atomic E-state index is 0.763. The van der Waals surface area contributed by atoms with Crippen molar-refractivity contribution in [3.8, 4) is 11.5 Å². The summed E-state index contributed by atoms with van der Waals surface area (Å²) in [7, 11) is 1.86. The Morgan fingerprint density at radius 2 is 1.56 bits per heavy atom. The lowest BCUT2D eigenvalue weighted by Crippen LogP contribution is -1.94. The van der Waals surface area contributed by atoms with Crippen molar-refractivity contribution in [2.45, 2.75) is 0 Å². The van der Waals surface area contributed by atoms with E-state index in [1.807, 2.05) is 43.4 Å². The average molecular weight is 436 g/mol. The molecule has 0 aliphatic heterocycles. The number of benzene rings is 2. The first kappa shape index (κ1) is 13.9. The van der Waals surface area contributed by atoms with E-state index in [0.717, 1.165) is 30.6 Å². The van der Waals surface area contributed by atoms with Gasteiger partial charge < -0.3 is 10.1 Å². The second kappa shape index (κ2) is 6.08. The summed E-state index contributed by atoms with van der Waals surface area (Å²) in [5.74, 6) is 1.54. The van der Waals surface area contributed by atoms with Crippen molar-refractivity contribution >= 4 is 53.5 Å². The Labute approximate surface area is 131 Å². The fourth-order valence-corrected chi connectivity index (χ4v) is 2.49. The van der Waals surface area contributed by atoms with E-state index >= 15 is 0 Å². The minimum Gasteiger partial charge on any atom is -0.454 e. The maximum Gasteiger partial charge on any atom is 0.151 e. The van der Waals surface area contributed by atoms with Gasteiger partial charge in [0.15, 0.2) is 5.75 Å². The van der Waals surface area contributed by atoms with Crippen molar-refractivity contribution in [1.82, 2.24) is 0 Å². The number of para-hydroxylation sites is 1. The van der Waals surface area contributed by atoms with Gasteiger partial charge in [0.1, 0.15) is 5.75 Å². The van der Waals surface area contributed by atoms with E-state index in [1.54, 1.807) is 0 Å². The number of ether oxygens (including phenoxy) is 1. The Morgan fingerprint density at radius 1 is 0.889 bits per heavy atom. The van der Waals surface area contributed by atoms with E-state index in [0.29, 0.717) is 0 Å². The van der Waals surface area contributed by atoms with Gasteiger partial charge in [-0.15, -0.1) is 0 Å². The molecule has 0 aliphatic carbocycles. The third kappa shape index (κ3) is 3.08. The van der Waals surface area contributed by atoms with Crippen molar-refractivity contribution in [2.24, 2.45) is 0 Å². The molecule has 18 heavy (non-hydrogen) atoms. The molecule has 5 heteroatoms. The van der Waals surface area contributed by atoms with Crippen molar-refractivity contribution in [2.75, 3.05) is 12.4 Å². The van der Waals surface area contributed by atoms with Gasteiger partial charge in [0, 0.05) is 16.0 Å². The zero-order valence-corrected chi connectivity index (χ0v) is 14.3. The molecule has 0 saturated carbocycles. The Bertz CT molecular complexity index is 572. The van der Waals surface area contributed by atoms with Crippen LogP contribution in [-0.4, -0.2) is 7.05 Å². The number of rotatable bonds is 3. The SMILES string of the molecule is CNc1cc(Br)c(Br)cc1Oc1ccccc1Br. The minimum atomic E-state index is 0.763. The Balaban J connectivity index is 2.40. The molecule has 0 saturated heterocycles. The van der Waals surface area contributed by atoms with Crippen LogP contribution >= 0.6 is 47.8 Å². The highest BCUT2D eigenvalue weighted by Crippen LogP contribution is 2.38. The summed E-state index contributed by atoms with van der Waals surface area (Å²) >= 11 is 10.4. The molecule has 2 rings (SSSR count). The van der Waals surface area contributed by atoms with Gasteiger partial charge in [0.2, 0.25) is 0 Å². The van der Waals surface area contributed by atoms with Crippen LogP contribution in [0.2, 0.25) is 0 Å². The van der Waals surface area contributed by atoms with Gasteiger partial charge >= 0.3 is 0 Å². The van der Waals surface area contributed by atoms with E-state index < -0.39 is 0 Å². The first-order chi connectivity index (χ1) is 8.61. The molecule has 2 aromatic rings. The number of hydrogen-bond acceptors (Lipinski definition) is 2. The molecule has 0 spiro atoms. The van der Waals surface area contributed by atoms with Crippen LogP contribution in [-0.2, 0) is 0 Å². The van der Waals surface area contributed by atoms with E-state index in [2.05, 4.69) is 53.1 Å². The molecule has 1 N–H and O–H groups in total. The van der Waals surface area contributed by atoms with Crippen molar-refractivity contribution in [1.29, 1.82) is 0 Å². The fourth-order valence-electron chi connectivity index (χ4n) is 1.45. The zero-order chi connectivity index (χ0) is 13.1. The van der Waals surface area contributed by atoms with Crippen LogP contribution < -0.4 is 10.1 Å². The third-order valence-corrected chi connectivity index (χ3v) is 4.85. The Morgan fingerprint density at radius 3 is 2.22 bits per heavy atom. The van der Waals surface area contributed by atoms with Gasteiger partial charge in [-0.05, 0) is 72.1 Å². The second-order valence-electron chi connectivity index (χ2n) is 3.54. The van der Waals surface area contributed by atoms with Gasteiger partial charge in [0.25, 0.3) is 0 Å². The van der Waals surface area contributed by atoms with Crippen molar-refractivity contribution in [3.05, 3.63) is 49.8 Å².